The zero-order valence-electron chi connectivity index (χ0n) is 49.1. The summed E-state index contributed by atoms with van der Waals surface area (Å²) >= 11 is 0. The fourth-order valence-electron chi connectivity index (χ4n) is 7.72. The molecule has 0 rings (SSSR count). The highest BCUT2D eigenvalue weighted by Crippen LogP contribution is 2.13. The molecule has 77 heavy (non-hydrogen) atoms. The number of carbonyl (C=O) groups is 3. The molecule has 0 N–H and O–H groups in total. The van der Waals surface area contributed by atoms with Crippen LogP contribution in [0.15, 0.2) is 170 Å². The third kappa shape index (κ3) is 61.5. The second-order valence-electron chi connectivity index (χ2n) is 19.5. The van der Waals surface area contributed by atoms with Gasteiger partial charge in [0.15, 0.2) is 6.10 Å². The first-order valence-corrected chi connectivity index (χ1v) is 30.6. The Labute approximate surface area is 472 Å². The topological polar surface area (TPSA) is 78.9 Å². The smallest absolute Gasteiger partial charge is 0.306 e. The molecular weight excluding hydrogens is 949 g/mol. The second kappa shape index (κ2) is 63.3. The highest BCUT2D eigenvalue weighted by Gasteiger charge is 2.19. The molecule has 0 amide bonds. The Morgan fingerprint density at radius 3 is 0.740 bits per heavy atom. The van der Waals surface area contributed by atoms with Crippen LogP contribution in [0.1, 0.15) is 239 Å². The number of hydrogen-bond acceptors (Lipinski definition) is 6. The van der Waals surface area contributed by atoms with Gasteiger partial charge in [-0.25, -0.2) is 0 Å². The van der Waals surface area contributed by atoms with Gasteiger partial charge in [-0.05, 0) is 148 Å². The van der Waals surface area contributed by atoms with E-state index in [9.17, 15) is 14.4 Å². The molecule has 6 nitrogen and oxygen atoms in total. The van der Waals surface area contributed by atoms with E-state index < -0.39 is 6.10 Å². The average molecular weight is 1060 g/mol. The van der Waals surface area contributed by atoms with Crippen LogP contribution in [0.2, 0.25) is 0 Å². The summed E-state index contributed by atoms with van der Waals surface area (Å²) in [5, 5.41) is 0. The Balaban J connectivity index is 4.52. The highest BCUT2D eigenvalue weighted by molar-refractivity contribution is 5.71. The fourth-order valence-corrected chi connectivity index (χ4v) is 7.72. The maximum Gasteiger partial charge on any atom is 0.306 e. The Morgan fingerprint density at radius 1 is 0.260 bits per heavy atom. The summed E-state index contributed by atoms with van der Waals surface area (Å²) in [6.07, 6.45) is 93.4. The summed E-state index contributed by atoms with van der Waals surface area (Å²) in [5.74, 6) is -0.983. The van der Waals surface area contributed by atoms with Crippen LogP contribution in [-0.2, 0) is 28.6 Å². The van der Waals surface area contributed by atoms with Gasteiger partial charge in [-0.3, -0.25) is 14.4 Å². The first-order chi connectivity index (χ1) is 38.0. The quantitative estimate of drug-likeness (QED) is 0.0261. The van der Waals surface area contributed by atoms with Crippen LogP contribution in [0.4, 0.5) is 0 Å². The van der Waals surface area contributed by atoms with E-state index in [1.165, 1.54) is 12.8 Å². The molecule has 0 heterocycles. The first kappa shape index (κ1) is 71.8. The number of allylic oxidation sites excluding steroid dienone is 28. The maximum absolute atomic E-state index is 12.9. The molecule has 0 aliphatic carbocycles. The molecule has 0 spiro atoms. The van der Waals surface area contributed by atoms with Crippen molar-refractivity contribution in [3.05, 3.63) is 170 Å². The van der Waals surface area contributed by atoms with Gasteiger partial charge in [0.1, 0.15) is 13.2 Å². The monoisotopic (exact) mass is 1060 g/mol. The van der Waals surface area contributed by atoms with Crippen molar-refractivity contribution in [2.24, 2.45) is 0 Å². The van der Waals surface area contributed by atoms with Crippen molar-refractivity contribution < 1.29 is 28.6 Å². The molecule has 430 valence electrons. The van der Waals surface area contributed by atoms with Crippen molar-refractivity contribution in [2.45, 2.75) is 245 Å². The molecule has 0 saturated heterocycles. The van der Waals surface area contributed by atoms with Crippen molar-refractivity contribution in [3.63, 3.8) is 0 Å². The van der Waals surface area contributed by atoms with Gasteiger partial charge in [-0.15, -0.1) is 0 Å². The molecule has 0 aliphatic rings. The molecule has 0 aliphatic heterocycles. The third-order valence-electron chi connectivity index (χ3n) is 12.2. The van der Waals surface area contributed by atoms with E-state index in [1.807, 2.05) is 0 Å². The number of carbonyl (C=O) groups excluding carboxylic acids is 3. The van der Waals surface area contributed by atoms with Crippen LogP contribution < -0.4 is 0 Å². The zero-order chi connectivity index (χ0) is 55.7. The Kier molecular flexibility index (Phi) is 59.0. The van der Waals surface area contributed by atoms with Crippen molar-refractivity contribution >= 4 is 17.9 Å². The van der Waals surface area contributed by atoms with E-state index in [-0.39, 0.29) is 31.1 Å². The molecular formula is C71H110O6. The molecule has 1 atom stereocenters. The van der Waals surface area contributed by atoms with Gasteiger partial charge in [-0.2, -0.15) is 0 Å². The lowest BCUT2D eigenvalue weighted by molar-refractivity contribution is -0.167. The number of unbranched alkanes of at least 4 members (excludes halogenated alkanes) is 14. The maximum atomic E-state index is 12.9. The van der Waals surface area contributed by atoms with E-state index in [1.54, 1.807) is 0 Å². The minimum absolute atomic E-state index is 0.112. The Hall–Kier alpha value is -5.23. The van der Waals surface area contributed by atoms with Crippen LogP contribution in [0.5, 0.6) is 0 Å². The summed E-state index contributed by atoms with van der Waals surface area (Å²) in [6, 6.07) is 0. The molecule has 0 aromatic carbocycles. The van der Waals surface area contributed by atoms with Crippen molar-refractivity contribution in [3.8, 4) is 0 Å². The number of esters is 3. The largest absolute Gasteiger partial charge is 0.462 e. The van der Waals surface area contributed by atoms with Crippen molar-refractivity contribution in [2.75, 3.05) is 13.2 Å². The van der Waals surface area contributed by atoms with Gasteiger partial charge < -0.3 is 14.2 Å². The molecule has 0 radical (unpaired) electrons. The summed E-state index contributed by atoms with van der Waals surface area (Å²) in [4.78, 5) is 38.3. The normalized spacial score (nSPS) is 13.3. The number of rotatable bonds is 53. The SMILES string of the molecule is CC/C=C\C/C=C\C/C=C\C/C=C\C/C=C\C/C=C\C/C=C\CCCCCC(=O)OCC(COC(=O)CCCCCCC/C=C\C/C=C\C/C=C\CC)OC(=O)CCCCCCCC/C=C\C/C=C\C/C=C\C/C=C\CC. The summed E-state index contributed by atoms with van der Waals surface area (Å²) in [5.41, 5.74) is 0. The first-order valence-electron chi connectivity index (χ1n) is 30.6. The van der Waals surface area contributed by atoms with E-state index in [4.69, 9.17) is 14.2 Å². The van der Waals surface area contributed by atoms with Crippen LogP contribution in [0, 0.1) is 0 Å². The fraction of sp³-hybridized carbons (Fsp3) is 0.563. The summed E-state index contributed by atoms with van der Waals surface area (Å²) < 4.78 is 16.9. The summed E-state index contributed by atoms with van der Waals surface area (Å²) in [6.45, 7) is 6.23. The van der Waals surface area contributed by atoms with Gasteiger partial charge in [0.2, 0.25) is 0 Å². The third-order valence-corrected chi connectivity index (χ3v) is 12.2. The lowest BCUT2D eigenvalue weighted by Crippen LogP contribution is -2.30. The lowest BCUT2D eigenvalue weighted by atomic mass is 10.1. The predicted molar refractivity (Wildman–Crippen MR) is 334 cm³/mol. The van der Waals surface area contributed by atoms with Crippen molar-refractivity contribution in [1.29, 1.82) is 0 Å². The Bertz CT molecular complexity index is 1790. The van der Waals surface area contributed by atoms with Gasteiger partial charge in [0, 0.05) is 19.3 Å². The van der Waals surface area contributed by atoms with Gasteiger partial charge in [0.25, 0.3) is 0 Å². The zero-order valence-corrected chi connectivity index (χ0v) is 49.1. The summed E-state index contributed by atoms with van der Waals surface area (Å²) in [7, 11) is 0. The van der Waals surface area contributed by atoms with E-state index in [0.29, 0.717) is 19.3 Å². The average Bonchev–Trinajstić information content (AvgIpc) is 3.43. The van der Waals surface area contributed by atoms with Crippen LogP contribution in [0.3, 0.4) is 0 Å². The van der Waals surface area contributed by atoms with Crippen LogP contribution in [-0.4, -0.2) is 37.2 Å². The number of ether oxygens (including phenoxy) is 3. The molecule has 0 saturated carbocycles. The van der Waals surface area contributed by atoms with E-state index >= 15 is 0 Å². The predicted octanol–water partition coefficient (Wildman–Crippen LogP) is 21.1. The molecule has 6 heteroatoms. The second-order valence-corrected chi connectivity index (χ2v) is 19.5. The van der Waals surface area contributed by atoms with Gasteiger partial charge in [0.05, 0.1) is 0 Å². The molecule has 0 fully saturated rings. The molecule has 1 unspecified atom stereocenters. The van der Waals surface area contributed by atoms with Crippen LogP contribution >= 0.6 is 0 Å². The van der Waals surface area contributed by atoms with E-state index in [2.05, 4.69) is 191 Å². The highest BCUT2D eigenvalue weighted by atomic mass is 16.6. The Morgan fingerprint density at radius 2 is 0.468 bits per heavy atom. The number of hydrogen-bond donors (Lipinski definition) is 0. The standard InChI is InChI=1S/C71H110O6/c1-4-7-10-13-16-19-22-25-28-30-32-33-34-35-36-37-39-40-43-46-49-52-55-58-61-64-70(73)76-67-68(66-75-69(72)63-60-57-54-51-48-45-42-27-24-21-18-15-12-9-6-3)77-71(74)65-62-59-56-53-50-47-44-41-38-31-29-26-23-20-17-14-11-8-5-2/h7-12,16-21,25-29,32-33,35-36,38-42,46,49,68H,4-6,13-15,22-24,30-31,34,37,43-45,47-48,50-67H2,1-3H3/b10-7-,11-8-,12-9-,19-16-,20-17-,21-18-,28-25-,29-26-,33-32-,36-35-,40-39-,41-38-,42-27-,49-46-. The molecule has 0 aromatic rings. The van der Waals surface area contributed by atoms with Gasteiger partial charge >= 0.3 is 17.9 Å². The van der Waals surface area contributed by atoms with Crippen LogP contribution in [0.25, 0.3) is 0 Å². The minimum atomic E-state index is -0.818. The van der Waals surface area contributed by atoms with E-state index in [0.717, 1.165) is 186 Å². The van der Waals surface area contributed by atoms with Crippen molar-refractivity contribution in [1.82, 2.24) is 0 Å². The molecule has 0 aromatic heterocycles. The minimum Gasteiger partial charge on any atom is -0.462 e. The molecule has 0 bridgehead atoms. The lowest BCUT2D eigenvalue weighted by Gasteiger charge is -2.18. The van der Waals surface area contributed by atoms with Gasteiger partial charge in [-0.1, -0.05) is 242 Å².